The number of carbonyl (C=O) groups is 1. The molecule has 0 aliphatic carbocycles. The predicted molar refractivity (Wildman–Crippen MR) is 76.3 cm³/mol. The molecule has 1 aromatic rings. The second-order valence-corrected chi connectivity index (χ2v) is 6.59. The first-order valence-corrected chi connectivity index (χ1v) is 7.43. The maximum absolute atomic E-state index is 14.2. The molecular formula is C15H20F2N4O. The number of halogens is 2. The van der Waals surface area contributed by atoms with E-state index in [1.165, 1.54) is 0 Å². The molecule has 0 unspecified atom stereocenters. The number of aryl methyl sites for hydroxylation is 1. The monoisotopic (exact) mass is 310 g/mol. The second kappa shape index (κ2) is 5.22. The van der Waals surface area contributed by atoms with Crippen molar-refractivity contribution in [1.82, 2.24) is 19.8 Å². The van der Waals surface area contributed by atoms with E-state index in [1.54, 1.807) is 29.2 Å². The van der Waals surface area contributed by atoms with E-state index in [9.17, 15) is 13.6 Å². The molecule has 0 aromatic carbocycles. The first-order chi connectivity index (χ1) is 10.3. The molecule has 1 spiro atoms. The summed E-state index contributed by atoms with van der Waals surface area (Å²) >= 11 is 0. The fourth-order valence-corrected chi connectivity index (χ4v) is 3.66. The molecule has 0 bridgehead atoms. The van der Waals surface area contributed by atoms with Crippen LogP contribution in [0.4, 0.5) is 8.78 Å². The lowest BCUT2D eigenvalue weighted by Gasteiger charge is -2.42. The zero-order valence-corrected chi connectivity index (χ0v) is 12.9. The molecule has 0 radical (unpaired) electrons. The molecule has 5 nitrogen and oxygen atoms in total. The van der Waals surface area contributed by atoms with Crippen LogP contribution in [0.15, 0.2) is 12.4 Å². The molecule has 7 heteroatoms. The highest BCUT2D eigenvalue weighted by Gasteiger charge is 2.56. The molecule has 3 rings (SSSR count). The van der Waals surface area contributed by atoms with Gasteiger partial charge in [0, 0.05) is 45.5 Å². The van der Waals surface area contributed by atoms with E-state index >= 15 is 0 Å². The molecule has 1 aromatic heterocycles. The van der Waals surface area contributed by atoms with Crippen LogP contribution in [0, 0.1) is 12.3 Å². The van der Waals surface area contributed by atoms with Crippen LogP contribution in [0.25, 0.3) is 0 Å². The minimum Gasteiger partial charge on any atom is -0.345 e. The number of aromatic nitrogens is 2. The average molecular weight is 310 g/mol. The molecule has 2 saturated heterocycles. The Kier molecular flexibility index (Phi) is 3.63. The Bertz CT molecular complexity index is 595. The van der Waals surface area contributed by atoms with E-state index in [2.05, 4.69) is 9.97 Å². The summed E-state index contributed by atoms with van der Waals surface area (Å²) in [6.45, 7) is 2.69. The Morgan fingerprint density at radius 1 is 1.32 bits per heavy atom. The lowest BCUT2D eigenvalue weighted by Crippen LogP contribution is -2.55. The first-order valence-electron chi connectivity index (χ1n) is 7.43. The number of likely N-dealkylation sites (tertiary alicyclic amines) is 2. The maximum Gasteiger partial charge on any atom is 0.261 e. The third-order valence-corrected chi connectivity index (χ3v) is 4.49. The standard InChI is InChI=1S/C15H20F2N4O/c1-11-5-18-6-12(19-11)7-21-9-14(8-15(16,17)10-21)3-4-20(2)13(14)22/h5-6H,3-4,7-10H2,1-2H3/t14-/m0/s1. The molecule has 1 atom stereocenters. The lowest BCUT2D eigenvalue weighted by atomic mass is 9.77. The van der Waals surface area contributed by atoms with Crippen molar-refractivity contribution >= 4 is 5.91 Å². The number of alkyl halides is 2. The summed E-state index contributed by atoms with van der Waals surface area (Å²) in [5, 5.41) is 0. The zero-order valence-electron chi connectivity index (χ0n) is 12.9. The largest absolute Gasteiger partial charge is 0.345 e. The molecule has 0 saturated carbocycles. The normalized spacial score (nSPS) is 28.5. The molecule has 3 heterocycles. The lowest BCUT2D eigenvalue weighted by molar-refractivity contribution is -0.154. The van der Waals surface area contributed by atoms with E-state index in [-0.39, 0.29) is 18.9 Å². The SMILES string of the molecule is Cc1cncc(CN2CC(F)(F)C[C@@]3(CCN(C)C3=O)C2)n1. The highest BCUT2D eigenvalue weighted by molar-refractivity contribution is 5.85. The fourth-order valence-electron chi connectivity index (χ4n) is 3.66. The molecule has 2 aliphatic heterocycles. The number of carbonyl (C=O) groups excluding carboxylic acids is 1. The summed E-state index contributed by atoms with van der Waals surface area (Å²) in [5.74, 6) is -3.01. The molecule has 2 aliphatic rings. The van der Waals surface area contributed by atoms with Crippen molar-refractivity contribution in [2.24, 2.45) is 5.41 Å². The van der Waals surface area contributed by atoms with Crippen LogP contribution in [-0.4, -0.2) is 58.3 Å². The van der Waals surface area contributed by atoms with Crippen molar-refractivity contribution in [3.63, 3.8) is 0 Å². The summed E-state index contributed by atoms with van der Waals surface area (Å²) < 4.78 is 28.4. The Hall–Kier alpha value is -1.63. The molecule has 2 fully saturated rings. The molecular weight excluding hydrogens is 290 g/mol. The van der Waals surface area contributed by atoms with E-state index < -0.39 is 11.3 Å². The van der Waals surface area contributed by atoms with E-state index in [0.717, 1.165) is 5.69 Å². The predicted octanol–water partition coefficient (Wildman–Crippen LogP) is 1.47. The average Bonchev–Trinajstić information content (AvgIpc) is 2.65. The summed E-state index contributed by atoms with van der Waals surface area (Å²) in [6.07, 6.45) is 3.37. The molecule has 22 heavy (non-hydrogen) atoms. The van der Waals surface area contributed by atoms with Gasteiger partial charge in [-0.25, -0.2) is 8.78 Å². The number of nitrogens with zero attached hydrogens (tertiary/aromatic N) is 4. The Morgan fingerprint density at radius 3 is 2.73 bits per heavy atom. The fraction of sp³-hybridized carbons (Fsp3) is 0.667. The van der Waals surface area contributed by atoms with Crippen LogP contribution in [0.2, 0.25) is 0 Å². The van der Waals surface area contributed by atoms with Gasteiger partial charge in [-0.05, 0) is 13.3 Å². The van der Waals surface area contributed by atoms with Crippen LogP contribution in [0.1, 0.15) is 24.2 Å². The molecule has 1 amide bonds. The Balaban J connectivity index is 1.82. The van der Waals surface area contributed by atoms with Gasteiger partial charge in [0.1, 0.15) is 0 Å². The first kappa shape index (κ1) is 15.3. The topological polar surface area (TPSA) is 49.3 Å². The van der Waals surface area contributed by atoms with E-state index in [1.807, 2.05) is 6.92 Å². The maximum atomic E-state index is 14.2. The van der Waals surface area contributed by atoms with Gasteiger partial charge in [-0.2, -0.15) is 0 Å². The van der Waals surface area contributed by atoms with Crippen molar-refractivity contribution in [1.29, 1.82) is 0 Å². The van der Waals surface area contributed by atoms with Crippen LogP contribution < -0.4 is 0 Å². The number of hydrogen-bond acceptors (Lipinski definition) is 4. The van der Waals surface area contributed by atoms with Crippen LogP contribution in [-0.2, 0) is 11.3 Å². The zero-order chi connectivity index (χ0) is 16.0. The van der Waals surface area contributed by atoms with Crippen molar-refractivity contribution < 1.29 is 13.6 Å². The van der Waals surface area contributed by atoms with Gasteiger partial charge in [0.25, 0.3) is 5.92 Å². The second-order valence-electron chi connectivity index (χ2n) is 6.59. The molecule has 120 valence electrons. The summed E-state index contributed by atoms with van der Waals surface area (Å²) in [7, 11) is 1.68. The van der Waals surface area contributed by atoms with Gasteiger partial charge in [0.2, 0.25) is 5.91 Å². The van der Waals surface area contributed by atoms with Gasteiger partial charge in [-0.3, -0.25) is 19.7 Å². The third kappa shape index (κ3) is 2.82. The minimum atomic E-state index is -2.85. The Labute approximate surface area is 128 Å². The van der Waals surface area contributed by atoms with Crippen LogP contribution in [0.5, 0.6) is 0 Å². The van der Waals surface area contributed by atoms with Crippen molar-refractivity contribution in [2.75, 3.05) is 26.7 Å². The van der Waals surface area contributed by atoms with Gasteiger partial charge in [0.15, 0.2) is 0 Å². The van der Waals surface area contributed by atoms with E-state index in [4.69, 9.17) is 0 Å². The summed E-state index contributed by atoms with van der Waals surface area (Å²) in [5.41, 5.74) is 0.465. The molecule has 0 N–H and O–H groups in total. The van der Waals surface area contributed by atoms with Gasteiger partial charge < -0.3 is 4.90 Å². The number of hydrogen-bond donors (Lipinski definition) is 0. The summed E-state index contributed by atoms with van der Waals surface area (Å²) in [6, 6.07) is 0. The Morgan fingerprint density at radius 2 is 2.09 bits per heavy atom. The highest BCUT2D eigenvalue weighted by atomic mass is 19.3. The summed E-state index contributed by atoms with van der Waals surface area (Å²) in [4.78, 5) is 23.9. The highest BCUT2D eigenvalue weighted by Crippen LogP contribution is 2.45. The van der Waals surface area contributed by atoms with Crippen LogP contribution in [0.3, 0.4) is 0 Å². The number of amides is 1. The number of piperidine rings is 1. The quantitative estimate of drug-likeness (QED) is 0.830. The van der Waals surface area contributed by atoms with Crippen molar-refractivity contribution in [3.05, 3.63) is 23.8 Å². The van der Waals surface area contributed by atoms with Gasteiger partial charge in [-0.1, -0.05) is 0 Å². The smallest absolute Gasteiger partial charge is 0.261 e. The van der Waals surface area contributed by atoms with E-state index in [0.29, 0.717) is 31.7 Å². The number of rotatable bonds is 2. The van der Waals surface area contributed by atoms with Crippen molar-refractivity contribution in [2.45, 2.75) is 32.2 Å². The van der Waals surface area contributed by atoms with Gasteiger partial charge >= 0.3 is 0 Å². The van der Waals surface area contributed by atoms with Crippen LogP contribution >= 0.6 is 0 Å². The van der Waals surface area contributed by atoms with Gasteiger partial charge in [0.05, 0.1) is 23.3 Å². The van der Waals surface area contributed by atoms with Gasteiger partial charge in [-0.15, -0.1) is 0 Å². The third-order valence-electron chi connectivity index (χ3n) is 4.49. The van der Waals surface area contributed by atoms with Crippen molar-refractivity contribution in [3.8, 4) is 0 Å². The minimum absolute atomic E-state index is 0.160.